The van der Waals surface area contributed by atoms with Crippen molar-refractivity contribution in [3.05, 3.63) is 35.5 Å². The highest BCUT2D eigenvalue weighted by atomic mass is 19.4. The quantitative estimate of drug-likeness (QED) is 0.853. The topological polar surface area (TPSA) is 41.8 Å². The van der Waals surface area contributed by atoms with Crippen LogP contribution in [0.3, 0.4) is 0 Å². The van der Waals surface area contributed by atoms with Crippen LogP contribution >= 0.6 is 0 Å². The van der Waals surface area contributed by atoms with Gasteiger partial charge in [0.2, 0.25) is 0 Å². The summed E-state index contributed by atoms with van der Waals surface area (Å²) in [4.78, 5) is 2.37. The molecule has 0 saturated heterocycles. The standard InChI is InChI=1S/C12H13F3N2/c13-12(14,15)11-7-9-6-8(2-1-5-16)3-4-10(9)17-11/h3-4,6-7,17H,1-2,5,16H2. The molecule has 0 spiro atoms. The number of aryl methyl sites for hydroxylation is 1. The Bertz CT molecular complexity index is 514. The van der Waals surface area contributed by atoms with E-state index in [0.717, 1.165) is 24.5 Å². The molecule has 2 aromatic rings. The van der Waals surface area contributed by atoms with Crippen LogP contribution in [-0.2, 0) is 12.6 Å². The zero-order valence-electron chi connectivity index (χ0n) is 9.14. The molecule has 0 radical (unpaired) electrons. The molecule has 1 aromatic heterocycles. The number of rotatable bonds is 3. The molecule has 2 rings (SSSR count). The molecule has 0 atom stereocenters. The van der Waals surface area contributed by atoms with E-state index in [4.69, 9.17) is 5.73 Å². The van der Waals surface area contributed by atoms with Crippen LogP contribution in [-0.4, -0.2) is 11.5 Å². The molecule has 0 unspecified atom stereocenters. The number of hydrogen-bond donors (Lipinski definition) is 2. The highest BCUT2D eigenvalue weighted by Crippen LogP contribution is 2.31. The molecule has 0 amide bonds. The molecule has 5 heteroatoms. The molecule has 17 heavy (non-hydrogen) atoms. The third-order valence-corrected chi connectivity index (χ3v) is 2.66. The minimum Gasteiger partial charge on any atom is -0.351 e. The second-order valence-corrected chi connectivity index (χ2v) is 3.99. The van der Waals surface area contributed by atoms with E-state index >= 15 is 0 Å². The average Bonchev–Trinajstić information content (AvgIpc) is 2.68. The van der Waals surface area contributed by atoms with Crippen molar-refractivity contribution < 1.29 is 13.2 Å². The lowest BCUT2D eigenvalue weighted by Crippen LogP contribution is -2.04. The summed E-state index contributed by atoms with van der Waals surface area (Å²) in [5.41, 5.74) is 6.21. The van der Waals surface area contributed by atoms with E-state index in [-0.39, 0.29) is 0 Å². The van der Waals surface area contributed by atoms with E-state index in [0.29, 0.717) is 17.4 Å². The fourth-order valence-corrected chi connectivity index (χ4v) is 1.80. The number of fused-ring (bicyclic) bond motifs is 1. The first kappa shape index (κ1) is 12.0. The maximum Gasteiger partial charge on any atom is 0.431 e. The lowest BCUT2D eigenvalue weighted by molar-refractivity contribution is -0.140. The van der Waals surface area contributed by atoms with Crippen molar-refractivity contribution in [2.24, 2.45) is 5.73 Å². The van der Waals surface area contributed by atoms with Crippen molar-refractivity contribution in [2.75, 3.05) is 6.54 Å². The van der Waals surface area contributed by atoms with E-state index in [9.17, 15) is 13.2 Å². The highest BCUT2D eigenvalue weighted by molar-refractivity contribution is 5.81. The van der Waals surface area contributed by atoms with E-state index in [1.165, 1.54) is 0 Å². The summed E-state index contributed by atoms with van der Waals surface area (Å²) in [5, 5.41) is 0.590. The van der Waals surface area contributed by atoms with Gasteiger partial charge in [0.05, 0.1) is 0 Å². The molecule has 1 aromatic carbocycles. The fourth-order valence-electron chi connectivity index (χ4n) is 1.80. The molecule has 2 nitrogen and oxygen atoms in total. The summed E-state index contributed by atoms with van der Waals surface area (Å²) in [6, 6.07) is 6.42. The third kappa shape index (κ3) is 2.61. The molecule has 0 aliphatic heterocycles. The van der Waals surface area contributed by atoms with Gasteiger partial charge in [-0.15, -0.1) is 0 Å². The predicted octanol–water partition coefficient (Wildman–Crippen LogP) is 3.08. The Labute approximate surface area is 96.6 Å². The van der Waals surface area contributed by atoms with Gasteiger partial charge in [0.1, 0.15) is 5.69 Å². The molecular formula is C12H13F3N2. The van der Waals surface area contributed by atoms with E-state index in [1.807, 2.05) is 6.07 Å². The molecule has 3 N–H and O–H groups in total. The fraction of sp³-hybridized carbons (Fsp3) is 0.333. The van der Waals surface area contributed by atoms with Crippen LogP contribution in [0.1, 0.15) is 17.7 Å². The van der Waals surface area contributed by atoms with Crippen molar-refractivity contribution in [3.63, 3.8) is 0 Å². The number of hydrogen-bond acceptors (Lipinski definition) is 1. The van der Waals surface area contributed by atoms with Gasteiger partial charge in [-0.1, -0.05) is 6.07 Å². The maximum absolute atomic E-state index is 12.5. The number of nitrogens with one attached hydrogen (secondary N) is 1. The molecule has 0 aliphatic rings. The predicted molar refractivity (Wildman–Crippen MR) is 60.7 cm³/mol. The van der Waals surface area contributed by atoms with Crippen LogP contribution in [0.15, 0.2) is 24.3 Å². The minimum absolute atomic E-state index is 0.508. The molecule has 0 saturated carbocycles. The number of halogens is 3. The molecule has 0 bridgehead atoms. The SMILES string of the molecule is NCCCc1ccc2[nH]c(C(F)(F)F)cc2c1. The van der Waals surface area contributed by atoms with Crippen LogP contribution in [0.4, 0.5) is 13.2 Å². The lowest BCUT2D eigenvalue weighted by atomic mass is 10.1. The Morgan fingerprint density at radius 1 is 1.18 bits per heavy atom. The van der Waals surface area contributed by atoms with E-state index in [1.54, 1.807) is 12.1 Å². The normalized spacial score (nSPS) is 12.2. The first-order valence-corrected chi connectivity index (χ1v) is 5.39. The summed E-state index contributed by atoms with van der Waals surface area (Å²) in [6.45, 7) is 0.582. The zero-order chi connectivity index (χ0) is 12.5. The van der Waals surface area contributed by atoms with Crippen molar-refractivity contribution in [3.8, 4) is 0 Å². The number of nitrogens with two attached hydrogens (primary N) is 1. The Morgan fingerprint density at radius 2 is 1.94 bits per heavy atom. The Morgan fingerprint density at radius 3 is 2.59 bits per heavy atom. The number of aromatic nitrogens is 1. The summed E-state index contributed by atoms with van der Waals surface area (Å²) in [7, 11) is 0. The van der Waals surface area contributed by atoms with Crippen LogP contribution < -0.4 is 5.73 Å². The monoisotopic (exact) mass is 242 g/mol. The smallest absolute Gasteiger partial charge is 0.351 e. The molecule has 1 heterocycles. The van der Waals surface area contributed by atoms with Gasteiger partial charge in [0.15, 0.2) is 0 Å². The number of alkyl halides is 3. The van der Waals surface area contributed by atoms with Crippen molar-refractivity contribution >= 4 is 10.9 Å². The molecule has 0 fully saturated rings. The van der Waals surface area contributed by atoms with Crippen LogP contribution in [0, 0.1) is 0 Å². The number of H-pyrrole nitrogens is 1. The largest absolute Gasteiger partial charge is 0.431 e. The Hall–Kier alpha value is -1.49. The zero-order valence-corrected chi connectivity index (χ0v) is 9.14. The summed E-state index contributed by atoms with van der Waals surface area (Å²) >= 11 is 0. The number of aromatic amines is 1. The third-order valence-electron chi connectivity index (χ3n) is 2.66. The lowest BCUT2D eigenvalue weighted by Gasteiger charge is -2.00. The van der Waals surface area contributed by atoms with Gasteiger partial charge < -0.3 is 10.7 Å². The molecule has 0 aliphatic carbocycles. The van der Waals surface area contributed by atoms with Crippen molar-refractivity contribution in [2.45, 2.75) is 19.0 Å². The van der Waals surface area contributed by atoms with Gasteiger partial charge in [-0.3, -0.25) is 0 Å². The van der Waals surface area contributed by atoms with Gasteiger partial charge in [-0.05, 0) is 43.1 Å². The summed E-state index contributed by atoms with van der Waals surface area (Å²) in [5.74, 6) is 0. The second-order valence-electron chi connectivity index (χ2n) is 3.99. The first-order valence-electron chi connectivity index (χ1n) is 5.39. The van der Waals surface area contributed by atoms with Gasteiger partial charge in [-0.25, -0.2) is 0 Å². The van der Waals surface area contributed by atoms with Crippen molar-refractivity contribution in [1.82, 2.24) is 4.98 Å². The van der Waals surface area contributed by atoms with Crippen LogP contribution in [0.2, 0.25) is 0 Å². The van der Waals surface area contributed by atoms with E-state index in [2.05, 4.69) is 4.98 Å². The molecule has 92 valence electrons. The molecular weight excluding hydrogens is 229 g/mol. The van der Waals surface area contributed by atoms with Crippen LogP contribution in [0.5, 0.6) is 0 Å². The second kappa shape index (κ2) is 4.41. The maximum atomic E-state index is 12.5. The van der Waals surface area contributed by atoms with E-state index < -0.39 is 11.9 Å². The Balaban J connectivity index is 2.34. The van der Waals surface area contributed by atoms with Gasteiger partial charge >= 0.3 is 6.18 Å². The van der Waals surface area contributed by atoms with Crippen molar-refractivity contribution in [1.29, 1.82) is 0 Å². The average molecular weight is 242 g/mol. The number of benzene rings is 1. The van der Waals surface area contributed by atoms with Crippen LogP contribution in [0.25, 0.3) is 10.9 Å². The summed E-state index contributed by atoms with van der Waals surface area (Å²) < 4.78 is 37.4. The van der Waals surface area contributed by atoms with Gasteiger partial charge in [0, 0.05) is 10.9 Å². The van der Waals surface area contributed by atoms with Gasteiger partial charge in [-0.2, -0.15) is 13.2 Å². The minimum atomic E-state index is -4.32. The summed E-state index contributed by atoms with van der Waals surface area (Å²) in [6.07, 6.45) is -2.70. The van der Waals surface area contributed by atoms with Gasteiger partial charge in [0.25, 0.3) is 0 Å². The highest BCUT2D eigenvalue weighted by Gasteiger charge is 2.32. The Kier molecular flexibility index (Phi) is 3.11. The first-order chi connectivity index (χ1) is 8.00.